The Morgan fingerprint density at radius 3 is 2.70 bits per heavy atom. The highest BCUT2D eigenvalue weighted by atomic mass is 16.3. The van der Waals surface area contributed by atoms with Gasteiger partial charge in [-0.3, -0.25) is 0 Å². The fourth-order valence-electron chi connectivity index (χ4n) is 2.03. The number of carbonyl (C=O) groups excluding carboxylic acids is 1. The standard InChI is InChI=1S/C15H25N3O2/c1-13(17-15(20)16-9-6-10-19)11-18(2)12-14-7-4-3-5-8-14/h3-5,7-8,13,19H,6,9-12H2,1-2H3,(H2,16,17,20). The van der Waals surface area contributed by atoms with Crippen LogP contribution in [0.25, 0.3) is 0 Å². The second kappa shape index (κ2) is 9.34. The van der Waals surface area contributed by atoms with Crippen molar-refractivity contribution in [1.29, 1.82) is 0 Å². The van der Waals surface area contributed by atoms with Gasteiger partial charge in [-0.05, 0) is 26.0 Å². The minimum Gasteiger partial charge on any atom is -0.396 e. The van der Waals surface area contributed by atoms with E-state index in [0.29, 0.717) is 13.0 Å². The van der Waals surface area contributed by atoms with Crippen LogP contribution >= 0.6 is 0 Å². The summed E-state index contributed by atoms with van der Waals surface area (Å²) in [6, 6.07) is 10.1. The topological polar surface area (TPSA) is 64.6 Å². The Labute approximate surface area is 121 Å². The molecule has 1 unspecified atom stereocenters. The van der Waals surface area contributed by atoms with Crippen molar-refractivity contribution in [2.45, 2.75) is 25.9 Å². The molecule has 0 aliphatic carbocycles. The van der Waals surface area contributed by atoms with Crippen LogP contribution in [0.3, 0.4) is 0 Å². The van der Waals surface area contributed by atoms with E-state index in [0.717, 1.165) is 13.1 Å². The zero-order valence-electron chi connectivity index (χ0n) is 12.3. The highest BCUT2D eigenvalue weighted by molar-refractivity contribution is 5.74. The van der Waals surface area contributed by atoms with Gasteiger partial charge >= 0.3 is 6.03 Å². The average molecular weight is 279 g/mol. The minimum absolute atomic E-state index is 0.0674. The van der Waals surface area contributed by atoms with E-state index < -0.39 is 0 Å². The van der Waals surface area contributed by atoms with Crippen LogP contribution in [0.1, 0.15) is 18.9 Å². The zero-order valence-corrected chi connectivity index (χ0v) is 12.3. The number of aliphatic hydroxyl groups is 1. The number of rotatable bonds is 8. The Morgan fingerprint density at radius 2 is 2.05 bits per heavy atom. The highest BCUT2D eigenvalue weighted by Gasteiger charge is 2.09. The number of nitrogens with one attached hydrogen (secondary N) is 2. The fourth-order valence-corrected chi connectivity index (χ4v) is 2.03. The minimum atomic E-state index is -0.181. The number of amides is 2. The lowest BCUT2D eigenvalue weighted by Crippen LogP contribution is -2.45. The second-order valence-corrected chi connectivity index (χ2v) is 5.06. The summed E-state index contributed by atoms with van der Waals surface area (Å²) in [5.41, 5.74) is 1.26. The molecule has 0 aliphatic rings. The van der Waals surface area contributed by atoms with Gasteiger partial charge in [0.05, 0.1) is 0 Å². The summed E-state index contributed by atoms with van der Waals surface area (Å²) in [5, 5.41) is 14.2. The number of benzene rings is 1. The van der Waals surface area contributed by atoms with Crippen molar-refractivity contribution in [3.8, 4) is 0 Å². The largest absolute Gasteiger partial charge is 0.396 e. The first-order valence-electron chi connectivity index (χ1n) is 6.99. The predicted molar refractivity (Wildman–Crippen MR) is 80.5 cm³/mol. The maximum Gasteiger partial charge on any atom is 0.315 e. The van der Waals surface area contributed by atoms with E-state index in [1.54, 1.807) is 0 Å². The molecule has 0 radical (unpaired) electrons. The first-order chi connectivity index (χ1) is 9.61. The molecule has 1 atom stereocenters. The van der Waals surface area contributed by atoms with Crippen LogP contribution in [-0.2, 0) is 6.54 Å². The predicted octanol–water partition coefficient (Wildman–Crippen LogP) is 1.19. The van der Waals surface area contributed by atoms with Crippen LogP contribution < -0.4 is 10.6 Å². The number of hydrogen-bond acceptors (Lipinski definition) is 3. The summed E-state index contributed by atoms with van der Waals surface area (Å²) in [7, 11) is 2.04. The van der Waals surface area contributed by atoms with E-state index in [1.807, 2.05) is 32.2 Å². The molecule has 5 nitrogen and oxygen atoms in total. The van der Waals surface area contributed by atoms with Gasteiger partial charge in [0.1, 0.15) is 0 Å². The molecule has 1 aromatic rings. The van der Waals surface area contributed by atoms with Gasteiger partial charge in [-0.2, -0.15) is 0 Å². The maximum atomic E-state index is 11.5. The molecule has 20 heavy (non-hydrogen) atoms. The Morgan fingerprint density at radius 1 is 1.35 bits per heavy atom. The summed E-state index contributed by atoms with van der Waals surface area (Å²) < 4.78 is 0. The van der Waals surface area contributed by atoms with Gasteiger partial charge in [0.15, 0.2) is 0 Å². The van der Waals surface area contributed by atoms with Gasteiger partial charge in [0, 0.05) is 32.3 Å². The molecule has 0 fully saturated rings. The van der Waals surface area contributed by atoms with Crippen LogP contribution in [0.2, 0.25) is 0 Å². The Kier molecular flexibility index (Phi) is 7.69. The normalized spacial score (nSPS) is 12.2. The lowest BCUT2D eigenvalue weighted by molar-refractivity contribution is 0.228. The van der Waals surface area contributed by atoms with Crippen molar-refractivity contribution in [2.75, 3.05) is 26.7 Å². The number of hydrogen-bond donors (Lipinski definition) is 3. The third-order valence-corrected chi connectivity index (χ3v) is 2.88. The van der Waals surface area contributed by atoms with E-state index in [2.05, 4.69) is 27.7 Å². The third kappa shape index (κ3) is 7.11. The van der Waals surface area contributed by atoms with Crippen molar-refractivity contribution in [1.82, 2.24) is 15.5 Å². The van der Waals surface area contributed by atoms with Crippen LogP contribution in [0.5, 0.6) is 0 Å². The van der Waals surface area contributed by atoms with Crippen LogP contribution in [0, 0.1) is 0 Å². The molecule has 0 saturated carbocycles. The molecule has 0 aromatic heterocycles. The van der Waals surface area contributed by atoms with Crippen molar-refractivity contribution in [2.24, 2.45) is 0 Å². The number of carbonyl (C=O) groups is 1. The van der Waals surface area contributed by atoms with Gasteiger partial charge in [-0.15, -0.1) is 0 Å². The Hall–Kier alpha value is -1.59. The molecular formula is C15H25N3O2. The van der Waals surface area contributed by atoms with Gasteiger partial charge in [0.25, 0.3) is 0 Å². The van der Waals surface area contributed by atoms with Gasteiger partial charge < -0.3 is 20.6 Å². The summed E-state index contributed by atoms with van der Waals surface area (Å²) in [6.07, 6.45) is 0.579. The van der Waals surface area contributed by atoms with E-state index in [4.69, 9.17) is 5.11 Å². The molecule has 112 valence electrons. The van der Waals surface area contributed by atoms with Crippen LogP contribution in [0.4, 0.5) is 4.79 Å². The molecule has 1 aromatic carbocycles. The Balaban J connectivity index is 2.24. The molecule has 2 amide bonds. The highest BCUT2D eigenvalue weighted by Crippen LogP contribution is 2.02. The quantitative estimate of drug-likeness (QED) is 0.626. The van der Waals surface area contributed by atoms with Gasteiger partial charge in [0.2, 0.25) is 0 Å². The summed E-state index contributed by atoms with van der Waals surface area (Å²) in [5.74, 6) is 0. The molecule has 0 bridgehead atoms. The van der Waals surface area contributed by atoms with Crippen LogP contribution in [-0.4, -0.2) is 48.8 Å². The molecule has 0 aliphatic heterocycles. The van der Waals surface area contributed by atoms with Crippen molar-refractivity contribution < 1.29 is 9.90 Å². The number of nitrogens with zero attached hydrogens (tertiary/aromatic N) is 1. The van der Waals surface area contributed by atoms with E-state index in [-0.39, 0.29) is 18.7 Å². The van der Waals surface area contributed by atoms with Gasteiger partial charge in [-0.1, -0.05) is 30.3 Å². The van der Waals surface area contributed by atoms with E-state index >= 15 is 0 Å². The molecule has 0 spiro atoms. The molecule has 3 N–H and O–H groups in total. The number of likely N-dealkylation sites (N-methyl/N-ethyl adjacent to an activating group) is 1. The average Bonchev–Trinajstić information content (AvgIpc) is 2.39. The Bertz CT molecular complexity index is 384. The summed E-state index contributed by atoms with van der Waals surface area (Å²) >= 11 is 0. The molecular weight excluding hydrogens is 254 g/mol. The molecule has 0 saturated heterocycles. The summed E-state index contributed by atoms with van der Waals surface area (Å²) in [4.78, 5) is 13.7. The lowest BCUT2D eigenvalue weighted by Gasteiger charge is -2.22. The first-order valence-corrected chi connectivity index (χ1v) is 6.99. The third-order valence-electron chi connectivity index (χ3n) is 2.88. The van der Waals surface area contributed by atoms with Crippen molar-refractivity contribution >= 4 is 6.03 Å². The van der Waals surface area contributed by atoms with Gasteiger partial charge in [-0.25, -0.2) is 4.79 Å². The second-order valence-electron chi connectivity index (χ2n) is 5.06. The van der Waals surface area contributed by atoms with E-state index in [9.17, 15) is 4.79 Å². The molecule has 0 heterocycles. The van der Waals surface area contributed by atoms with Crippen LogP contribution in [0.15, 0.2) is 30.3 Å². The maximum absolute atomic E-state index is 11.5. The molecule has 1 rings (SSSR count). The van der Waals surface area contributed by atoms with Crippen molar-refractivity contribution in [3.63, 3.8) is 0 Å². The monoisotopic (exact) mass is 279 g/mol. The summed E-state index contributed by atoms with van der Waals surface area (Å²) in [6.45, 7) is 4.21. The number of urea groups is 1. The van der Waals surface area contributed by atoms with E-state index in [1.165, 1.54) is 5.56 Å². The smallest absolute Gasteiger partial charge is 0.315 e. The number of aliphatic hydroxyl groups excluding tert-OH is 1. The zero-order chi connectivity index (χ0) is 14.8. The lowest BCUT2D eigenvalue weighted by atomic mass is 10.2. The van der Waals surface area contributed by atoms with Crippen molar-refractivity contribution in [3.05, 3.63) is 35.9 Å². The first kappa shape index (κ1) is 16.5. The SMILES string of the molecule is CC(CN(C)Cc1ccccc1)NC(=O)NCCCO. The fraction of sp³-hybridized carbons (Fsp3) is 0.533. The molecule has 5 heteroatoms.